The highest BCUT2D eigenvalue weighted by atomic mass is 15.1. The summed E-state index contributed by atoms with van der Waals surface area (Å²) in [6.07, 6.45) is 9.32. The zero-order valence-electron chi connectivity index (χ0n) is 9.13. The van der Waals surface area contributed by atoms with Crippen LogP contribution < -0.4 is 5.32 Å². The molecule has 4 saturated carbocycles. The van der Waals surface area contributed by atoms with Crippen molar-refractivity contribution in [3.8, 4) is 0 Å². The van der Waals surface area contributed by atoms with Crippen LogP contribution in [0.2, 0.25) is 0 Å². The van der Waals surface area contributed by atoms with E-state index in [-0.39, 0.29) is 0 Å². The standard InChI is InChI=1S/C13H21N/c1-8-7-13(14-8)11-3-9-2-10(5-11)6-12(13)4-9/h8-12,14H,2-7H2,1H3. The molecule has 0 radical (unpaired) electrons. The topological polar surface area (TPSA) is 12.0 Å². The fraction of sp³-hybridized carbons (Fsp3) is 1.00. The molecule has 5 fully saturated rings. The monoisotopic (exact) mass is 191 g/mol. The minimum atomic E-state index is 0.646. The molecular weight excluding hydrogens is 170 g/mol. The second kappa shape index (κ2) is 2.37. The lowest BCUT2D eigenvalue weighted by atomic mass is 9.45. The summed E-state index contributed by atoms with van der Waals surface area (Å²) >= 11 is 0. The minimum absolute atomic E-state index is 0.646. The SMILES string of the molecule is CC1CC2(N1)C1CC3CC(C1)CC2C3. The van der Waals surface area contributed by atoms with Crippen molar-refractivity contribution in [2.75, 3.05) is 0 Å². The average Bonchev–Trinajstić information content (AvgIpc) is 2.08. The van der Waals surface area contributed by atoms with Gasteiger partial charge in [0.15, 0.2) is 0 Å². The summed E-state index contributed by atoms with van der Waals surface area (Å²) in [5, 5.41) is 3.90. The lowest BCUT2D eigenvalue weighted by molar-refractivity contribution is -0.119. The summed E-state index contributed by atoms with van der Waals surface area (Å²) in [5.74, 6) is 4.38. The molecule has 1 unspecified atom stereocenters. The van der Waals surface area contributed by atoms with Crippen LogP contribution in [-0.2, 0) is 0 Å². The maximum Gasteiger partial charge on any atom is 0.0255 e. The first-order valence-electron chi connectivity index (χ1n) is 6.54. The molecule has 0 aromatic rings. The summed E-state index contributed by atoms with van der Waals surface area (Å²) in [5.41, 5.74) is 0.646. The second-order valence-electron chi connectivity index (χ2n) is 6.59. The smallest absolute Gasteiger partial charge is 0.0255 e. The lowest BCUT2D eigenvalue weighted by Gasteiger charge is -2.67. The molecule has 5 rings (SSSR count). The summed E-state index contributed by atoms with van der Waals surface area (Å²) in [6, 6.07) is 0.813. The zero-order valence-corrected chi connectivity index (χ0v) is 9.13. The van der Waals surface area contributed by atoms with Gasteiger partial charge in [-0.05, 0) is 69.1 Å². The van der Waals surface area contributed by atoms with Crippen LogP contribution in [0, 0.1) is 23.7 Å². The van der Waals surface area contributed by atoms with Gasteiger partial charge in [-0.2, -0.15) is 0 Å². The van der Waals surface area contributed by atoms with Crippen LogP contribution in [0.3, 0.4) is 0 Å². The molecule has 1 nitrogen and oxygen atoms in total. The third-order valence-corrected chi connectivity index (χ3v) is 5.75. The molecule has 0 aromatic heterocycles. The van der Waals surface area contributed by atoms with Crippen LogP contribution in [0.4, 0.5) is 0 Å². The van der Waals surface area contributed by atoms with Gasteiger partial charge in [-0.25, -0.2) is 0 Å². The Balaban J connectivity index is 1.68. The van der Waals surface area contributed by atoms with Gasteiger partial charge in [-0.1, -0.05) is 0 Å². The fourth-order valence-electron chi connectivity index (χ4n) is 5.54. The van der Waals surface area contributed by atoms with E-state index in [1.54, 1.807) is 32.1 Å². The Kier molecular flexibility index (Phi) is 1.38. The van der Waals surface area contributed by atoms with Crippen molar-refractivity contribution in [3.05, 3.63) is 0 Å². The number of hydrogen-bond donors (Lipinski definition) is 1. The summed E-state index contributed by atoms with van der Waals surface area (Å²) in [6.45, 7) is 2.36. The van der Waals surface area contributed by atoms with Crippen LogP contribution in [0.25, 0.3) is 0 Å². The molecule has 1 atom stereocenters. The van der Waals surface area contributed by atoms with E-state index in [2.05, 4.69) is 12.2 Å². The van der Waals surface area contributed by atoms with E-state index < -0.39 is 0 Å². The average molecular weight is 191 g/mol. The molecule has 0 amide bonds. The molecular formula is C13H21N. The third-order valence-electron chi connectivity index (χ3n) is 5.75. The molecule has 1 heterocycles. The Morgan fingerprint density at radius 1 is 0.929 bits per heavy atom. The van der Waals surface area contributed by atoms with Gasteiger partial charge < -0.3 is 5.32 Å². The Labute approximate surface area is 86.6 Å². The Bertz CT molecular complexity index is 234. The molecule has 1 spiro atoms. The van der Waals surface area contributed by atoms with Gasteiger partial charge in [-0.15, -0.1) is 0 Å². The van der Waals surface area contributed by atoms with Gasteiger partial charge in [0.2, 0.25) is 0 Å². The minimum Gasteiger partial charge on any atom is -0.308 e. The molecule has 1 N–H and O–H groups in total. The molecule has 1 heteroatoms. The molecule has 14 heavy (non-hydrogen) atoms. The summed E-state index contributed by atoms with van der Waals surface area (Å²) in [7, 11) is 0. The largest absolute Gasteiger partial charge is 0.308 e. The molecule has 78 valence electrons. The van der Waals surface area contributed by atoms with Crippen molar-refractivity contribution < 1.29 is 0 Å². The van der Waals surface area contributed by atoms with Gasteiger partial charge in [0.25, 0.3) is 0 Å². The first-order chi connectivity index (χ1) is 6.76. The van der Waals surface area contributed by atoms with Crippen molar-refractivity contribution in [2.45, 2.75) is 57.0 Å². The Morgan fingerprint density at radius 3 is 1.86 bits per heavy atom. The van der Waals surface area contributed by atoms with E-state index in [9.17, 15) is 0 Å². The first-order valence-corrected chi connectivity index (χ1v) is 6.54. The number of rotatable bonds is 0. The molecule has 5 aliphatic rings. The highest BCUT2D eigenvalue weighted by molar-refractivity contribution is 5.16. The quantitative estimate of drug-likeness (QED) is 0.620. The van der Waals surface area contributed by atoms with Gasteiger partial charge in [0.1, 0.15) is 0 Å². The van der Waals surface area contributed by atoms with Gasteiger partial charge >= 0.3 is 0 Å². The number of hydrogen-bond acceptors (Lipinski definition) is 1. The van der Waals surface area contributed by atoms with E-state index in [4.69, 9.17) is 0 Å². The van der Waals surface area contributed by atoms with Crippen LogP contribution in [0.5, 0.6) is 0 Å². The van der Waals surface area contributed by atoms with Crippen LogP contribution >= 0.6 is 0 Å². The first kappa shape index (κ1) is 8.15. The highest BCUT2D eigenvalue weighted by Gasteiger charge is 2.60. The summed E-state index contributed by atoms with van der Waals surface area (Å²) in [4.78, 5) is 0. The van der Waals surface area contributed by atoms with Gasteiger partial charge in [0.05, 0.1) is 0 Å². The van der Waals surface area contributed by atoms with Crippen LogP contribution in [-0.4, -0.2) is 11.6 Å². The third kappa shape index (κ3) is 0.816. The summed E-state index contributed by atoms with van der Waals surface area (Å²) < 4.78 is 0. The fourth-order valence-corrected chi connectivity index (χ4v) is 5.54. The molecule has 0 aromatic carbocycles. The maximum absolute atomic E-state index is 3.90. The molecule has 4 aliphatic carbocycles. The van der Waals surface area contributed by atoms with E-state index in [1.807, 2.05) is 0 Å². The van der Waals surface area contributed by atoms with Gasteiger partial charge in [-0.3, -0.25) is 0 Å². The van der Waals surface area contributed by atoms with Crippen molar-refractivity contribution in [1.29, 1.82) is 0 Å². The van der Waals surface area contributed by atoms with Crippen LogP contribution in [0.1, 0.15) is 45.4 Å². The van der Waals surface area contributed by atoms with E-state index in [0.717, 1.165) is 29.7 Å². The molecule has 1 saturated heterocycles. The van der Waals surface area contributed by atoms with Crippen molar-refractivity contribution in [3.63, 3.8) is 0 Å². The predicted octanol–water partition coefficient (Wildman–Crippen LogP) is 2.56. The highest BCUT2D eigenvalue weighted by Crippen LogP contribution is 2.61. The normalized spacial score (nSPS) is 64.5. The zero-order chi connectivity index (χ0) is 9.34. The van der Waals surface area contributed by atoms with Crippen LogP contribution in [0.15, 0.2) is 0 Å². The maximum atomic E-state index is 3.90. The van der Waals surface area contributed by atoms with Crippen molar-refractivity contribution >= 4 is 0 Å². The van der Waals surface area contributed by atoms with E-state index in [0.29, 0.717) is 5.54 Å². The lowest BCUT2D eigenvalue weighted by Crippen LogP contribution is -2.74. The molecule has 4 bridgehead atoms. The molecule has 1 aliphatic heterocycles. The van der Waals surface area contributed by atoms with Gasteiger partial charge in [0, 0.05) is 11.6 Å². The van der Waals surface area contributed by atoms with Crippen molar-refractivity contribution in [2.24, 2.45) is 23.7 Å². The van der Waals surface area contributed by atoms with Crippen molar-refractivity contribution in [1.82, 2.24) is 5.32 Å². The Morgan fingerprint density at radius 2 is 1.43 bits per heavy atom. The number of nitrogens with one attached hydrogen (secondary N) is 1. The Hall–Kier alpha value is -0.0400. The van der Waals surface area contributed by atoms with E-state index >= 15 is 0 Å². The predicted molar refractivity (Wildman–Crippen MR) is 57.0 cm³/mol. The second-order valence-corrected chi connectivity index (χ2v) is 6.59. The van der Waals surface area contributed by atoms with E-state index in [1.165, 1.54) is 6.42 Å².